The summed E-state index contributed by atoms with van der Waals surface area (Å²) in [5, 5.41) is 8.92. The third-order valence-electron chi connectivity index (χ3n) is 1.77. The van der Waals surface area contributed by atoms with Crippen molar-refractivity contribution in [2.45, 2.75) is 32.3 Å². The monoisotopic (exact) mass is 206 g/mol. The van der Waals surface area contributed by atoms with E-state index >= 15 is 0 Å². The number of aliphatic hydroxyl groups excluding tert-OH is 1. The van der Waals surface area contributed by atoms with E-state index in [2.05, 4.69) is 0 Å². The van der Waals surface area contributed by atoms with E-state index in [-0.39, 0.29) is 6.42 Å². The van der Waals surface area contributed by atoms with E-state index in [0.29, 0.717) is 0 Å². The van der Waals surface area contributed by atoms with Crippen LogP contribution in [0.15, 0.2) is 12.1 Å². The second-order valence-corrected chi connectivity index (χ2v) is 4.08. The molecule has 1 aromatic rings. The maximum atomic E-state index is 12.0. The van der Waals surface area contributed by atoms with Gasteiger partial charge in [0, 0.05) is 16.2 Å². The molecule has 1 rings (SSSR count). The average Bonchev–Trinajstić information content (AvgIpc) is 2.52. The van der Waals surface area contributed by atoms with E-state index in [1.165, 1.54) is 11.3 Å². The molecule has 0 radical (unpaired) electrons. The minimum absolute atomic E-state index is 0.0579. The molecule has 0 aliphatic carbocycles. The van der Waals surface area contributed by atoms with Gasteiger partial charge in [0.05, 0.1) is 0 Å². The first-order valence-corrected chi connectivity index (χ1v) is 4.99. The maximum absolute atomic E-state index is 12.0. The van der Waals surface area contributed by atoms with Crippen LogP contribution in [0, 0.1) is 0 Å². The Labute approximate surface area is 80.0 Å². The van der Waals surface area contributed by atoms with Crippen LogP contribution in [0.3, 0.4) is 0 Å². The molecule has 0 amide bonds. The van der Waals surface area contributed by atoms with Crippen LogP contribution >= 0.6 is 11.3 Å². The first-order valence-electron chi connectivity index (χ1n) is 4.17. The van der Waals surface area contributed by atoms with Gasteiger partial charge < -0.3 is 5.11 Å². The van der Waals surface area contributed by atoms with Gasteiger partial charge >= 0.3 is 0 Å². The Hall–Kier alpha value is -0.480. The minimum Gasteiger partial charge on any atom is -0.387 e. The van der Waals surface area contributed by atoms with Gasteiger partial charge in [0.25, 0.3) is 6.43 Å². The first kappa shape index (κ1) is 10.6. The smallest absolute Gasteiger partial charge is 0.264 e. The zero-order valence-electron chi connectivity index (χ0n) is 7.34. The average molecular weight is 206 g/mol. The lowest BCUT2D eigenvalue weighted by Gasteiger charge is -2.06. The Balaban J connectivity index is 2.53. The predicted octanol–water partition coefficient (Wildman–Crippen LogP) is 2.48. The summed E-state index contributed by atoms with van der Waals surface area (Å²) < 4.78 is 23.9. The molecule has 0 aliphatic heterocycles. The van der Waals surface area contributed by atoms with Crippen molar-refractivity contribution in [2.24, 2.45) is 0 Å². The van der Waals surface area contributed by atoms with Gasteiger partial charge in [0.15, 0.2) is 0 Å². The van der Waals surface area contributed by atoms with Crippen LogP contribution in [0.25, 0.3) is 0 Å². The van der Waals surface area contributed by atoms with Gasteiger partial charge in [0.2, 0.25) is 0 Å². The summed E-state index contributed by atoms with van der Waals surface area (Å²) >= 11 is 1.49. The number of rotatable bonds is 4. The van der Waals surface area contributed by atoms with Crippen LogP contribution in [0.1, 0.15) is 16.7 Å². The molecule has 1 nitrogen and oxygen atoms in total. The molecule has 1 N–H and O–H groups in total. The molecule has 4 heteroatoms. The van der Waals surface area contributed by atoms with Crippen LogP contribution in [0.2, 0.25) is 0 Å². The van der Waals surface area contributed by atoms with E-state index in [9.17, 15) is 8.78 Å². The lowest BCUT2D eigenvalue weighted by molar-refractivity contribution is -0.00322. The second kappa shape index (κ2) is 4.67. The lowest BCUT2D eigenvalue weighted by Crippen LogP contribution is -2.19. The van der Waals surface area contributed by atoms with Gasteiger partial charge in [0.1, 0.15) is 6.10 Å². The van der Waals surface area contributed by atoms with Crippen LogP contribution in [-0.2, 0) is 12.8 Å². The zero-order chi connectivity index (χ0) is 9.84. The summed E-state index contributed by atoms with van der Waals surface area (Å²) in [6, 6.07) is 3.72. The van der Waals surface area contributed by atoms with Crippen molar-refractivity contribution < 1.29 is 13.9 Å². The third-order valence-corrected chi connectivity index (χ3v) is 3.02. The number of hydrogen-bond donors (Lipinski definition) is 1. The molecule has 0 spiro atoms. The Kier molecular flexibility index (Phi) is 3.81. The Morgan fingerprint density at radius 3 is 2.46 bits per heavy atom. The lowest BCUT2D eigenvalue weighted by atomic mass is 10.2. The van der Waals surface area contributed by atoms with E-state index < -0.39 is 12.5 Å². The molecule has 1 unspecified atom stereocenters. The molecule has 1 aromatic heterocycles. The highest BCUT2D eigenvalue weighted by Crippen LogP contribution is 2.19. The van der Waals surface area contributed by atoms with Crippen LogP contribution in [0.4, 0.5) is 8.78 Å². The van der Waals surface area contributed by atoms with E-state index in [4.69, 9.17) is 5.11 Å². The predicted molar refractivity (Wildman–Crippen MR) is 49.4 cm³/mol. The van der Waals surface area contributed by atoms with Gasteiger partial charge in [-0.15, -0.1) is 11.3 Å². The molecule has 0 fully saturated rings. The van der Waals surface area contributed by atoms with Crippen LogP contribution < -0.4 is 0 Å². The highest BCUT2D eigenvalue weighted by Gasteiger charge is 2.17. The van der Waals surface area contributed by atoms with Gasteiger partial charge in [-0.05, 0) is 18.6 Å². The van der Waals surface area contributed by atoms with Crippen LogP contribution in [0.5, 0.6) is 0 Å². The summed E-state index contributed by atoms with van der Waals surface area (Å²) in [6.07, 6.45) is -3.20. The molecular formula is C9H12F2OS. The van der Waals surface area contributed by atoms with Crippen molar-refractivity contribution in [2.75, 3.05) is 0 Å². The Morgan fingerprint density at radius 2 is 2.00 bits per heavy atom. The van der Waals surface area contributed by atoms with Crippen molar-refractivity contribution in [3.8, 4) is 0 Å². The molecular weight excluding hydrogens is 194 g/mol. The zero-order valence-corrected chi connectivity index (χ0v) is 8.15. The molecule has 0 saturated carbocycles. The molecule has 0 aromatic carbocycles. The van der Waals surface area contributed by atoms with Gasteiger partial charge in [-0.2, -0.15) is 0 Å². The number of thiophene rings is 1. The number of hydrogen-bond acceptors (Lipinski definition) is 2. The van der Waals surface area contributed by atoms with Crippen molar-refractivity contribution in [1.82, 2.24) is 0 Å². The highest BCUT2D eigenvalue weighted by atomic mass is 32.1. The number of alkyl halides is 2. The molecule has 0 bridgehead atoms. The highest BCUT2D eigenvalue weighted by molar-refractivity contribution is 7.11. The van der Waals surface area contributed by atoms with Crippen molar-refractivity contribution in [1.29, 1.82) is 0 Å². The number of aliphatic hydroxyl groups is 1. The first-order chi connectivity index (χ1) is 6.13. The summed E-state index contributed by atoms with van der Waals surface area (Å²) in [6.45, 7) is 2.01. The Bertz CT molecular complexity index is 260. The van der Waals surface area contributed by atoms with E-state index in [0.717, 1.165) is 16.2 Å². The maximum Gasteiger partial charge on any atom is 0.264 e. The summed E-state index contributed by atoms with van der Waals surface area (Å²) in [7, 11) is 0. The minimum atomic E-state index is -2.65. The van der Waals surface area contributed by atoms with E-state index in [1.54, 1.807) is 6.07 Å². The Morgan fingerprint density at radius 1 is 1.38 bits per heavy atom. The van der Waals surface area contributed by atoms with E-state index in [1.807, 2.05) is 13.0 Å². The van der Waals surface area contributed by atoms with Crippen LogP contribution in [-0.4, -0.2) is 17.6 Å². The third kappa shape index (κ3) is 3.04. The number of aryl methyl sites for hydroxylation is 1. The van der Waals surface area contributed by atoms with Crippen molar-refractivity contribution >= 4 is 11.3 Å². The topological polar surface area (TPSA) is 20.2 Å². The standard InChI is InChI=1S/C9H12F2OS/c1-2-6-3-4-7(13-6)5-8(12)9(10)11/h3-4,8-9,12H,2,5H2,1H3. The summed E-state index contributed by atoms with van der Waals surface area (Å²) in [5.74, 6) is 0. The SMILES string of the molecule is CCc1ccc(CC(O)C(F)F)s1. The fourth-order valence-corrected chi connectivity index (χ4v) is 2.02. The molecule has 1 heterocycles. The van der Waals surface area contributed by atoms with Gasteiger partial charge in [-0.25, -0.2) is 8.78 Å². The van der Waals surface area contributed by atoms with Crippen molar-refractivity contribution in [3.63, 3.8) is 0 Å². The quantitative estimate of drug-likeness (QED) is 0.802. The summed E-state index contributed by atoms with van der Waals surface area (Å²) in [5.41, 5.74) is 0. The van der Waals surface area contributed by atoms with Gasteiger partial charge in [-0.1, -0.05) is 6.92 Å². The molecule has 0 aliphatic rings. The molecule has 74 valence electrons. The molecule has 0 saturated heterocycles. The number of halogens is 2. The fourth-order valence-electron chi connectivity index (χ4n) is 1.02. The fraction of sp³-hybridized carbons (Fsp3) is 0.556. The molecule has 13 heavy (non-hydrogen) atoms. The van der Waals surface area contributed by atoms with Gasteiger partial charge in [-0.3, -0.25) is 0 Å². The molecule has 1 atom stereocenters. The van der Waals surface area contributed by atoms with Crippen molar-refractivity contribution in [3.05, 3.63) is 21.9 Å². The summed E-state index contributed by atoms with van der Waals surface area (Å²) in [4.78, 5) is 1.99. The largest absolute Gasteiger partial charge is 0.387 e. The normalized spacial score (nSPS) is 13.6. The second-order valence-electron chi connectivity index (χ2n) is 2.83.